The molecule has 2 aromatic rings. The Morgan fingerprint density at radius 1 is 1.14 bits per heavy atom. The molecule has 2 atom stereocenters. The lowest BCUT2D eigenvalue weighted by Gasteiger charge is -2.32. The minimum Gasteiger partial charge on any atom is -0.495 e. The first-order valence-electron chi connectivity index (χ1n) is 11.3. The third kappa shape index (κ3) is 7.86. The number of nitrogens with one attached hydrogen (secondary N) is 1. The number of hydrogen-bond donors (Lipinski definition) is 1. The summed E-state index contributed by atoms with van der Waals surface area (Å²) in [5.41, 5.74) is 1.98. The molecule has 2 amide bonds. The standard InChI is InChI=1S/C25H34ClN3O5S/c1-7-18(3)27-25(31)19(4)28(15-20-10-8-9-17(2)13-20)24(30)16-29(35(6,32)33)22-14-21(26)11-12-23(22)34-5/h8-14,18-19H,7,15-16H2,1-6H3,(H,27,31). The molecule has 0 heterocycles. The van der Waals surface area contributed by atoms with Crippen LogP contribution in [0.5, 0.6) is 5.75 Å². The molecule has 0 aliphatic carbocycles. The van der Waals surface area contributed by atoms with Gasteiger partial charge in [0, 0.05) is 17.6 Å². The fraction of sp³-hybridized carbons (Fsp3) is 0.440. The Hall–Kier alpha value is -2.78. The molecule has 0 saturated carbocycles. The van der Waals surface area contributed by atoms with Crippen LogP contribution in [0.15, 0.2) is 42.5 Å². The van der Waals surface area contributed by atoms with E-state index in [9.17, 15) is 18.0 Å². The van der Waals surface area contributed by atoms with Gasteiger partial charge < -0.3 is 15.0 Å². The third-order valence-electron chi connectivity index (χ3n) is 5.69. The molecule has 0 aliphatic rings. The summed E-state index contributed by atoms with van der Waals surface area (Å²) in [6, 6.07) is 11.2. The van der Waals surface area contributed by atoms with Gasteiger partial charge in [-0.2, -0.15) is 0 Å². The van der Waals surface area contributed by atoms with Gasteiger partial charge >= 0.3 is 0 Å². The Balaban J connectivity index is 2.46. The van der Waals surface area contributed by atoms with Crippen LogP contribution < -0.4 is 14.4 Å². The van der Waals surface area contributed by atoms with Gasteiger partial charge in [0.15, 0.2) is 0 Å². The summed E-state index contributed by atoms with van der Waals surface area (Å²) in [7, 11) is -2.49. The lowest BCUT2D eigenvalue weighted by atomic mass is 10.1. The summed E-state index contributed by atoms with van der Waals surface area (Å²) in [4.78, 5) is 27.9. The highest BCUT2D eigenvalue weighted by Crippen LogP contribution is 2.33. The Morgan fingerprint density at radius 2 is 1.83 bits per heavy atom. The van der Waals surface area contributed by atoms with Crippen molar-refractivity contribution in [3.05, 3.63) is 58.6 Å². The quantitative estimate of drug-likeness (QED) is 0.484. The lowest BCUT2D eigenvalue weighted by molar-refractivity contribution is -0.139. The summed E-state index contributed by atoms with van der Waals surface area (Å²) in [6.07, 6.45) is 1.74. The maximum Gasteiger partial charge on any atom is 0.244 e. The van der Waals surface area contributed by atoms with E-state index in [1.165, 1.54) is 24.1 Å². The van der Waals surface area contributed by atoms with Crippen LogP contribution in [-0.4, -0.2) is 57.1 Å². The van der Waals surface area contributed by atoms with Crippen molar-refractivity contribution in [3.8, 4) is 5.75 Å². The number of methoxy groups -OCH3 is 1. The molecule has 35 heavy (non-hydrogen) atoms. The normalized spacial score (nSPS) is 13.0. The van der Waals surface area contributed by atoms with Gasteiger partial charge in [-0.1, -0.05) is 48.4 Å². The molecular weight excluding hydrogens is 490 g/mol. The number of hydrogen-bond acceptors (Lipinski definition) is 5. The molecule has 0 bridgehead atoms. The summed E-state index contributed by atoms with van der Waals surface area (Å²) >= 11 is 6.12. The minimum absolute atomic E-state index is 0.0656. The molecule has 2 unspecified atom stereocenters. The zero-order chi connectivity index (χ0) is 26.3. The van der Waals surface area contributed by atoms with Crippen molar-refractivity contribution < 1.29 is 22.7 Å². The Labute approximate surface area is 213 Å². The molecule has 0 aliphatic heterocycles. The van der Waals surface area contributed by atoms with Crippen LogP contribution in [0.3, 0.4) is 0 Å². The van der Waals surface area contributed by atoms with Crippen molar-refractivity contribution in [2.45, 2.75) is 52.7 Å². The van der Waals surface area contributed by atoms with Gasteiger partial charge in [-0.3, -0.25) is 13.9 Å². The Bertz CT molecular complexity index is 1160. The number of ether oxygens (including phenoxy) is 1. The summed E-state index contributed by atoms with van der Waals surface area (Å²) in [5, 5.41) is 3.19. The number of aryl methyl sites for hydroxylation is 1. The van der Waals surface area contributed by atoms with Gasteiger partial charge in [0.2, 0.25) is 21.8 Å². The smallest absolute Gasteiger partial charge is 0.244 e. The molecule has 0 aromatic heterocycles. The van der Waals surface area contributed by atoms with Crippen LogP contribution in [-0.2, 0) is 26.2 Å². The number of amides is 2. The molecule has 2 aromatic carbocycles. The number of nitrogens with zero attached hydrogens (tertiary/aromatic N) is 2. The number of halogens is 1. The summed E-state index contributed by atoms with van der Waals surface area (Å²) in [6.45, 7) is 7.02. The first-order valence-corrected chi connectivity index (χ1v) is 13.6. The topological polar surface area (TPSA) is 96.0 Å². The maximum absolute atomic E-state index is 13.6. The largest absolute Gasteiger partial charge is 0.495 e. The first kappa shape index (κ1) is 28.5. The molecule has 0 spiro atoms. The van der Waals surface area contributed by atoms with E-state index in [0.717, 1.165) is 28.1 Å². The molecule has 0 saturated heterocycles. The number of carbonyl (C=O) groups is 2. The van der Waals surface area contributed by atoms with Crippen LogP contribution in [0.4, 0.5) is 5.69 Å². The molecule has 192 valence electrons. The van der Waals surface area contributed by atoms with Crippen molar-refractivity contribution in [1.82, 2.24) is 10.2 Å². The number of rotatable bonds is 11. The van der Waals surface area contributed by atoms with E-state index in [1.807, 2.05) is 45.0 Å². The second-order valence-corrected chi connectivity index (χ2v) is 10.9. The Kier molecular flexibility index (Phi) is 9.97. The van der Waals surface area contributed by atoms with Gasteiger partial charge in [0.05, 0.1) is 19.1 Å². The van der Waals surface area contributed by atoms with E-state index < -0.39 is 28.5 Å². The van der Waals surface area contributed by atoms with E-state index in [0.29, 0.717) is 5.02 Å². The fourth-order valence-corrected chi connectivity index (χ4v) is 4.52. The number of anilines is 1. The van der Waals surface area contributed by atoms with Gasteiger partial charge in [0.25, 0.3) is 0 Å². The van der Waals surface area contributed by atoms with Crippen LogP contribution in [0.1, 0.15) is 38.3 Å². The molecule has 10 heteroatoms. The molecular formula is C25H34ClN3O5S. The van der Waals surface area contributed by atoms with E-state index in [-0.39, 0.29) is 29.9 Å². The molecule has 2 rings (SSSR count). The van der Waals surface area contributed by atoms with Gasteiger partial charge in [-0.15, -0.1) is 0 Å². The molecule has 0 fully saturated rings. The van der Waals surface area contributed by atoms with E-state index in [4.69, 9.17) is 16.3 Å². The maximum atomic E-state index is 13.6. The SMILES string of the molecule is CCC(C)NC(=O)C(C)N(Cc1cccc(C)c1)C(=O)CN(c1cc(Cl)ccc1OC)S(C)(=O)=O. The monoisotopic (exact) mass is 523 g/mol. The molecule has 1 N–H and O–H groups in total. The van der Waals surface area contributed by atoms with E-state index in [1.54, 1.807) is 13.0 Å². The van der Waals surface area contributed by atoms with E-state index in [2.05, 4.69) is 5.32 Å². The second-order valence-electron chi connectivity index (χ2n) is 8.59. The van der Waals surface area contributed by atoms with Crippen molar-refractivity contribution in [2.24, 2.45) is 0 Å². The average molecular weight is 524 g/mol. The predicted octanol–water partition coefficient (Wildman–Crippen LogP) is 3.76. The van der Waals surface area contributed by atoms with Crippen LogP contribution in [0.2, 0.25) is 5.02 Å². The number of sulfonamides is 1. The lowest BCUT2D eigenvalue weighted by Crippen LogP contribution is -2.52. The first-order chi connectivity index (χ1) is 16.4. The predicted molar refractivity (Wildman–Crippen MR) is 139 cm³/mol. The molecule has 0 radical (unpaired) electrons. The average Bonchev–Trinajstić information content (AvgIpc) is 2.79. The van der Waals surface area contributed by atoms with Crippen LogP contribution >= 0.6 is 11.6 Å². The highest BCUT2D eigenvalue weighted by Gasteiger charge is 2.31. The van der Waals surface area contributed by atoms with Crippen molar-refractivity contribution in [1.29, 1.82) is 0 Å². The van der Waals surface area contributed by atoms with E-state index >= 15 is 0 Å². The Morgan fingerprint density at radius 3 is 2.40 bits per heavy atom. The highest BCUT2D eigenvalue weighted by molar-refractivity contribution is 7.92. The summed E-state index contributed by atoms with van der Waals surface area (Å²) in [5.74, 6) is -0.599. The van der Waals surface area contributed by atoms with Crippen LogP contribution in [0, 0.1) is 6.92 Å². The third-order valence-corrected chi connectivity index (χ3v) is 7.05. The van der Waals surface area contributed by atoms with Crippen LogP contribution in [0.25, 0.3) is 0 Å². The summed E-state index contributed by atoms with van der Waals surface area (Å²) < 4.78 is 31.7. The molecule has 8 nitrogen and oxygen atoms in total. The van der Waals surface area contributed by atoms with Gasteiger partial charge in [-0.05, 0) is 51.0 Å². The second kappa shape index (κ2) is 12.3. The van der Waals surface area contributed by atoms with Crippen molar-refractivity contribution in [2.75, 3.05) is 24.2 Å². The van der Waals surface area contributed by atoms with Gasteiger partial charge in [0.1, 0.15) is 18.3 Å². The minimum atomic E-state index is -3.90. The highest BCUT2D eigenvalue weighted by atomic mass is 35.5. The number of benzene rings is 2. The zero-order valence-corrected chi connectivity index (χ0v) is 22.6. The number of carbonyl (C=O) groups excluding carboxylic acids is 2. The van der Waals surface area contributed by atoms with Crippen molar-refractivity contribution in [3.63, 3.8) is 0 Å². The zero-order valence-electron chi connectivity index (χ0n) is 21.0. The van der Waals surface area contributed by atoms with Crippen molar-refractivity contribution >= 4 is 39.1 Å². The van der Waals surface area contributed by atoms with Gasteiger partial charge in [-0.25, -0.2) is 8.42 Å². The fourth-order valence-electron chi connectivity index (χ4n) is 3.51.